The van der Waals surface area contributed by atoms with Crippen LogP contribution < -0.4 is 10.1 Å². The monoisotopic (exact) mass is 465 g/mol. The van der Waals surface area contributed by atoms with E-state index in [2.05, 4.69) is 20.4 Å². The van der Waals surface area contributed by atoms with Gasteiger partial charge >= 0.3 is 0 Å². The number of hydrogen-bond donors (Lipinski definition) is 2. The number of aromatic hydroxyl groups is 1. The van der Waals surface area contributed by atoms with E-state index in [-0.39, 0.29) is 23.4 Å². The number of nitrogens with one attached hydrogen (secondary N) is 1. The molecule has 4 rings (SSSR count). The highest BCUT2D eigenvalue weighted by Crippen LogP contribution is 2.38. The Hall–Kier alpha value is -3.43. The van der Waals surface area contributed by atoms with Gasteiger partial charge < -0.3 is 19.9 Å². The molecule has 1 aromatic heterocycles. The number of nitrogens with zero attached hydrogens (tertiary/aromatic N) is 4. The molecule has 0 saturated carbocycles. The molecular weight excluding hydrogens is 434 g/mol. The highest BCUT2D eigenvalue weighted by Gasteiger charge is 2.24. The maximum atomic E-state index is 12.6. The number of amides is 1. The molecule has 1 amide bonds. The van der Waals surface area contributed by atoms with Crippen LogP contribution in [0, 0.1) is 0 Å². The SMILES string of the molecule is CNC(=O)c1nnc(-c2cc(C(C)C)c(OC)cc2O)n1-c1ccc(CN2CCOCC2)cc1. The summed E-state index contributed by atoms with van der Waals surface area (Å²) < 4.78 is 12.5. The molecule has 1 fully saturated rings. The smallest absolute Gasteiger partial charge is 0.289 e. The van der Waals surface area contributed by atoms with E-state index < -0.39 is 0 Å². The molecule has 1 saturated heterocycles. The fourth-order valence-electron chi connectivity index (χ4n) is 4.12. The summed E-state index contributed by atoms with van der Waals surface area (Å²) in [5.74, 6) is 0.904. The molecule has 2 aromatic carbocycles. The van der Waals surface area contributed by atoms with Gasteiger partial charge in [0.25, 0.3) is 5.91 Å². The molecule has 0 bridgehead atoms. The largest absolute Gasteiger partial charge is 0.507 e. The first-order valence-electron chi connectivity index (χ1n) is 11.4. The molecule has 0 atom stereocenters. The summed E-state index contributed by atoms with van der Waals surface area (Å²) in [4.78, 5) is 15.0. The number of aromatic nitrogens is 3. The Morgan fingerprint density at radius 1 is 1.18 bits per heavy atom. The van der Waals surface area contributed by atoms with Crippen LogP contribution in [0.4, 0.5) is 0 Å². The third kappa shape index (κ3) is 4.76. The van der Waals surface area contributed by atoms with E-state index in [1.807, 2.05) is 44.2 Å². The molecule has 0 aliphatic carbocycles. The van der Waals surface area contributed by atoms with E-state index in [1.165, 1.54) is 0 Å². The summed E-state index contributed by atoms with van der Waals surface area (Å²) in [6.07, 6.45) is 0. The maximum Gasteiger partial charge on any atom is 0.289 e. The standard InChI is InChI=1S/C25H31N5O4/c1-16(2)19-13-20(21(31)14-22(19)33-4)23-27-28-24(25(32)26-3)30(23)18-7-5-17(6-8-18)15-29-9-11-34-12-10-29/h5-8,13-14,16,31H,9-12,15H2,1-4H3,(H,26,32). The molecule has 9 nitrogen and oxygen atoms in total. The Kier molecular flexibility index (Phi) is 7.14. The van der Waals surface area contributed by atoms with Crippen molar-refractivity contribution >= 4 is 5.91 Å². The van der Waals surface area contributed by atoms with Crippen LogP contribution in [0.3, 0.4) is 0 Å². The average Bonchev–Trinajstić information content (AvgIpc) is 3.29. The van der Waals surface area contributed by atoms with Gasteiger partial charge in [-0.25, -0.2) is 0 Å². The first kappa shape index (κ1) is 23.7. The second-order valence-corrected chi connectivity index (χ2v) is 8.58. The minimum atomic E-state index is -0.367. The lowest BCUT2D eigenvalue weighted by atomic mass is 9.98. The van der Waals surface area contributed by atoms with Gasteiger partial charge in [0, 0.05) is 38.4 Å². The van der Waals surface area contributed by atoms with Crippen molar-refractivity contribution in [3.63, 3.8) is 0 Å². The van der Waals surface area contributed by atoms with Crippen molar-refractivity contribution in [3.05, 3.63) is 53.3 Å². The third-order valence-electron chi connectivity index (χ3n) is 6.01. The minimum absolute atomic E-state index is 0.00212. The second kappa shape index (κ2) is 10.2. The van der Waals surface area contributed by atoms with Crippen molar-refractivity contribution < 1.29 is 19.4 Å². The number of rotatable bonds is 7. The number of carbonyl (C=O) groups is 1. The predicted molar refractivity (Wildman–Crippen MR) is 129 cm³/mol. The van der Waals surface area contributed by atoms with Crippen molar-refractivity contribution in [2.24, 2.45) is 0 Å². The number of carbonyl (C=O) groups excluding carboxylic acids is 1. The van der Waals surface area contributed by atoms with E-state index in [9.17, 15) is 9.90 Å². The quantitative estimate of drug-likeness (QED) is 0.553. The highest BCUT2D eigenvalue weighted by molar-refractivity contribution is 5.92. The zero-order chi connectivity index (χ0) is 24.2. The summed E-state index contributed by atoms with van der Waals surface area (Å²) >= 11 is 0. The molecule has 34 heavy (non-hydrogen) atoms. The minimum Gasteiger partial charge on any atom is -0.507 e. The summed E-state index contributed by atoms with van der Waals surface area (Å²) in [6, 6.07) is 11.4. The van der Waals surface area contributed by atoms with Gasteiger partial charge in [0.05, 0.1) is 25.9 Å². The normalized spacial score (nSPS) is 14.4. The maximum absolute atomic E-state index is 12.6. The van der Waals surface area contributed by atoms with Crippen LogP contribution in [-0.4, -0.2) is 71.1 Å². The van der Waals surface area contributed by atoms with Crippen LogP contribution >= 0.6 is 0 Å². The van der Waals surface area contributed by atoms with E-state index in [1.54, 1.807) is 24.8 Å². The lowest BCUT2D eigenvalue weighted by Gasteiger charge is -2.26. The lowest BCUT2D eigenvalue weighted by molar-refractivity contribution is 0.0342. The molecule has 0 radical (unpaired) electrons. The van der Waals surface area contributed by atoms with Crippen LogP contribution in [-0.2, 0) is 11.3 Å². The zero-order valence-corrected chi connectivity index (χ0v) is 20.0. The summed E-state index contributed by atoms with van der Waals surface area (Å²) in [5.41, 5.74) is 3.29. The molecule has 3 aromatic rings. The number of morpholine rings is 1. The molecular formula is C25H31N5O4. The molecule has 1 aliphatic heterocycles. The fourth-order valence-corrected chi connectivity index (χ4v) is 4.12. The molecule has 0 spiro atoms. The average molecular weight is 466 g/mol. The van der Waals surface area contributed by atoms with Crippen molar-refractivity contribution in [3.8, 4) is 28.6 Å². The Balaban J connectivity index is 1.77. The van der Waals surface area contributed by atoms with Crippen molar-refractivity contribution in [2.45, 2.75) is 26.3 Å². The van der Waals surface area contributed by atoms with E-state index in [0.717, 1.165) is 49.7 Å². The molecule has 180 valence electrons. The van der Waals surface area contributed by atoms with Crippen LogP contribution in [0.2, 0.25) is 0 Å². The van der Waals surface area contributed by atoms with Crippen molar-refractivity contribution in [1.29, 1.82) is 0 Å². The molecule has 9 heteroatoms. The van der Waals surface area contributed by atoms with Gasteiger partial charge in [-0.05, 0) is 35.2 Å². The number of hydrogen-bond acceptors (Lipinski definition) is 7. The number of benzene rings is 2. The number of methoxy groups -OCH3 is 1. The van der Waals surface area contributed by atoms with E-state index in [4.69, 9.17) is 9.47 Å². The van der Waals surface area contributed by atoms with Crippen LogP contribution in [0.25, 0.3) is 17.1 Å². The third-order valence-corrected chi connectivity index (χ3v) is 6.01. The van der Waals surface area contributed by atoms with Gasteiger partial charge in [0.15, 0.2) is 5.82 Å². The Labute approximate surface area is 199 Å². The zero-order valence-electron chi connectivity index (χ0n) is 20.0. The summed E-state index contributed by atoms with van der Waals surface area (Å²) in [6.45, 7) is 8.25. The van der Waals surface area contributed by atoms with E-state index >= 15 is 0 Å². The molecule has 1 aliphatic rings. The highest BCUT2D eigenvalue weighted by atomic mass is 16.5. The van der Waals surface area contributed by atoms with E-state index in [0.29, 0.717) is 17.1 Å². The summed E-state index contributed by atoms with van der Waals surface area (Å²) in [5, 5.41) is 21.9. The van der Waals surface area contributed by atoms with Gasteiger partial charge in [-0.2, -0.15) is 0 Å². The van der Waals surface area contributed by atoms with Gasteiger partial charge in [0.2, 0.25) is 5.82 Å². The number of ether oxygens (including phenoxy) is 2. The predicted octanol–water partition coefficient (Wildman–Crippen LogP) is 2.96. The summed E-state index contributed by atoms with van der Waals surface area (Å²) in [7, 11) is 3.12. The van der Waals surface area contributed by atoms with Gasteiger partial charge in [-0.1, -0.05) is 26.0 Å². The molecule has 0 unspecified atom stereocenters. The lowest BCUT2D eigenvalue weighted by Crippen LogP contribution is -2.35. The Bertz CT molecular complexity index is 1150. The number of phenols is 1. The van der Waals surface area contributed by atoms with Gasteiger partial charge in [0.1, 0.15) is 11.5 Å². The van der Waals surface area contributed by atoms with Crippen LogP contribution in [0.5, 0.6) is 11.5 Å². The topological polar surface area (TPSA) is 102 Å². The molecule has 2 N–H and O–H groups in total. The number of phenolic OH excluding ortho intramolecular Hbond substituents is 1. The van der Waals surface area contributed by atoms with Crippen LogP contribution in [0.15, 0.2) is 36.4 Å². The first-order valence-corrected chi connectivity index (χ1v) is 11.4. The molecule has 2 heterocycles. The fraction of sp³-hybridized carbons (Fsp3) is 0.400. The Morgan fingerprint density at radius 3 is 2.50 bits per heavy atom. The second-order valence-electron chi connectivity index (χ2n) is 8.58. The van der Waals surface area contributed by atoms with Gasteiger partial charge in [-0.15, -0.1) is 10.2 Å². The van der Waals surface area contributed by atoms with Gasteiger partial charge in [-0.3, -0.25) is 14.3 Å². The van der Waals surface area contributed by atoms with Crippen molar-refractivity contribution in [2.75, 3.05) is 40.5 Å². The van der Waals surface area contributed by atoms with Crippen molar-refractivity contribution in [1.82, 2.24) is 25.0 Å². The Morgan fingerprint density at radius 2 is 1.88 bits per heavy atom. The van der Waals surface area contributed by atoms with Crippen LogP contribution in [0.1, 0.15) is 41.5 Å². The first-order chi connectivity index (χ1) is 16.4.